The fraction of sp³-hybridized carbons (Fsp3) is 0.565. The molecule has 4 N–H and O–H groups in total. The van der Waals surface area contributed by atoms with E-state index >= 15 is 8.78 Å². The molecule has 338 valence electrons. The number of benzene rings is 2. The first-order valence-corrected chi connectivity index (χ1v) is 22.5. The van der Waals surface area contributed by atoms with Crippen LogP contribution in [-0.2, 0) is 14.4 Å². The van der Waals surface area contributed by atoms with Crippen molar-refractivity contribution in [1.82, 2.24) is 25.5 Å². The molecule has 3 aromatic rings. The lowest BCUT2D eigenvalue weighted by Crippen LogP contribution is -2.63. The Morgan fingerprint density at radius 2 is 1.81 bits per heavy atom. The van der Waals surface area contributed by atoms with Gasteiger partial charge in [0.1, 0.15) is 29.5 Å². The number of aliphatic hydroxyl groups excluding tert-OH is 1. The molecule has 5 heterocycles. The highest BCUT2D eigenvalue weighted by Gasteiger charge is 2.45. The highest BCUT2D eigenvalue weighted by atomic mass is 19.1. The predicted octanol–water partition coefficient (Wildman–Crippen LogP) is 5.20. The number of ether oxygens (including phenoxy) is 1. The van der Waals surface area contributed by atoms with Gasteiger partial charge in [-0.05, 0) is 93.2 Å². The topological polar surface area (TPSA) is 173 Å². The number of rotatable bonds is 13. The van der Waals surface area contributed by atoms with Crippen molar-refractivity contribution in [3.8, 4) is 5.75 Å². The van der Waals surface area contributed by atoms with Gasteiger partial charge in [0.15, 0.2) is 5.82 Å². The van der Waals surface area contributed by atoms with Crippen molar-refractivity contribution in [1.29, 1.82) is 0 Å². The molecule has 1 unspecified atom stereocenters. The number of piperidine rings is 3. The largest absolute Gasteiger partial charge is 0.495 e. The second-order valence-electron chi connectivity index (χ2n) is 17.8. The number of methoxy groups -OCH3 is 1. The van der Waals surface area contributed by atoms with Crippen LogP contribution in [0.2, 0.25) is 0 Å². The molecule has 0 spiro atoms. The number of carbonyl (C=O) groups excluding carboxylic acids is 4. The Hall–Kier alpha value is -5.42. The number of aliphatic hydroxyl groups is 1. The second kappa shape index (κ2) is 18.7. The minimum absolute atomic E-state index is 0.0322. The van der Waals surface area contributed by atoms with E-state index in [1.165, 1.54) is 13.2 Å². The van der Waals surface area contributed by atoms with Gasteiger partial charge in [-0.1, -0.05) is 25.8 Å². The zero-order valence-corrected chi connectivity index (χ0v) is 36.4. The van der Waals surface area contributed by atoms with E-state index in [-0.39, 0.29) is 61.4 Å². The standard InChI is InChI=1S/C46H59F2N9O6/c1-4-35-44(62)54(2)37-25-49-45(52-41(37)57(35)31-7-5-6-8-31)50-34-12-9-30(24-38(34)63-3)42(60)53-46(18-22-58)17-21-55(27-39(46)48)26-28-15-19-56(20-16-28)36-13-10-29(23-33(36)47)32-11-14-40(59)51-43(32)61/h9-10,12-13,23-25,28,31-32,35,39,58H,4-8,11,14-22,26-27H2,1-3H3,(H,53,60)(H,49,50,52)(H,51,59,61)/t32?,35-,39-,46+/m1/s1. The highest BCUT2D eigenvalue weighted by molar-refractivity contribution is 6.04. The third-order valence-corrected chi connectivity index (χ3v) is 14.0. The fourth-order valence-corrected chi connectivity index (χ4v) is 10.4. The van der Waals surface area contributed by atoms with Crippen molar-refractivity contribution >= 4 is 52.5 Å². The van der Waals surface area contributed by atoms with Crippen molar-refractivity contribution < 1.29 is 37.8 Å². The first-order chi connectivity index (χ1) is 30.4. The number of anilines is 5. The van der Waals surface area contributed by atoms with Gasteiger partial charge >= 0.3 is 0 Å². The Morgan fingerprint density at radius 3 is 2.49 bits per heavy atom. The van der Waals surface area contributed by atoms with Crippen LogP contribution >= 0.6 is 0 Å². The van der Waals surface area contributed by atoms with Gasteiger partial charge in [-0.25, -0.2) is 13.8 Å². The maximum atomic E-state index is 16.4. The van der Waals surface area contributed by atoms with Gasteiger partial charge in [0.2, 0.25) is 23.7 Å². The molecular formula is C46H59F2N9O6. The van der Waals surface area contributed by atoms with Crippen LogP contribution < -0.4 is 35.4 Å². The van der Waals surface area contributed by atoms with Gasteiger partial charge in [-0.3, -0.25) is 29.4 Å². The zero-order valence-electron chi connectivity index (χ0n) is 36.4. The molecule has 3 saturated heterocycles. The first kappa shape index (κ1) is 44.2. The van der Waals surface area contributed by atoms with Crippen molar-refractivity contribution in [3.63, 3.8) is 0 Å². The molecular weight excluding hydrogens is 813 g/mol. The average molecular weight is 872 g/mol. The van der Waals surface area contributed by atoms with E-state index < -0.39 is 35.3 Å². The smallest absolute Gasteiger partial charge is 0.251 e. The molecule has 4 amide bonds. The molecule has 5 aliphatic rings. The van der Waals surface area contributed by atoms with E-state index in [0.29, 0.717) is 85.6 Å². The molecule has 15 nitrogen and oxygen atoms in total. The lowest BCUT2D eigenvalue weighted by atomic mass is 9.82. The van der Waals surface area contributed by atoms with Crippen LogP contribution in [0.3, 0.4) is 0 Å². The van der Waals surface area contributed by atoms with Crippen LogP contribution in [0.1, 0.15) is 99.4 Å². The summed E-state index contributed by atoms with van der Waals surface area (Å²) < 4.78 is 37.4. The number of likely N-dealkylation sites (tertiary alicyclic amines) is 1. The summed E-state index contributed by atoms with van der Waals surface area (Å²) >= 11 is 0. The van der Waals surface area contributed by atoms with E-state index in [9.17, 15) is 24.3 Å². The number of hydrogen-bond donors (Lipinski definition) is 4. The lowest BCUT2D eigenvalue weighted by molar-refractivity contribution is -0.134. The molecule has 8 rings (SSSR count). The Morgan fingerprint density at radius 1 is 1.03 bits per heavy atom. The number of amides is 4. The molecule has 1 aliphatic carbocycles. The van der Waals surface area contributed by atoms with Crippen LogP contribution in [0.15, 0.2) is 42.6 Å². The number of hydrogen-bond acceptors (Lipinski definition) is 12. The molecule has 17 heteroatoms. The number of carbonyl (C=O) groups is 4. The summed E-state index contributed by atoms with van der Waals surface area (Å²) in [4.78, 5) is 68.4. The van der Waals surface area contributed by atoms with Gasteiger partial charge in [0.25, 0.3) is 5.91 Å². The normalized spacial score (nSPS) is 25.0. The summed E-state index contributed by atoms with van der Waals surface area (Å²) in [6.45, 7) is 4.29. The number of aromatic nitrogens is 2. The SMILES string of the molecule is CC[C@@H]1C(=O)N(C)c2cnc(Nc3ccc(C(=O)N[C@]4(CCO)CCN(CC5CCN(c6ccc(C7CCC(=O)NC7=O)cc6F)CC5)C[C@H]4F)cc3OC)nc2N1C1CCCC1. The van der Waals surface area contributed by atoms with Crippen molar-refractivity contribution in [2.45, 2.75) is 107 Å². The van der Waals surface area contributed by atoms with Crippen LogP contribution in [0, 0.1) is 11.7 Å². The second-order valence-corrected chi connectivity index (χ2v) is 17.8. The van der Waals surface area contributed by atoms with Crippen LogP contribution in [-0.4, -0.2) is 121 Å². The molecule has 1 aromatic heterocycles. The lowest BCUT2D eigenvalue weighted by Gasteiger charge is -2.46. The quantitative estimate of drug-likeness (QED) is 0.166. The number of imide groups is 1. The minimum atomic E-state index is -1.44. The molecule has 2 aromatic carbocycles. The maximum Gasteiger partial charge on any atom is 0.251 e. The Kier molecular flexibility index (Phi) is 13.1. The third-order valence-electron chi connectivity index (χ3n) is 14.0. The summed E-state index contributed by atoms with van der Waals surface area (Å²) in [5, 5.41) is 18.6. The number of fused-ring (bicyclic) bond motifs is 1. The number of alkyl halides is 1. The van der Waals surface area contributed by atoms with E-state index in [2.05, 4.69) is 30.7 Å². The van der Waals surface area contributed by atoms with Crippen molar-refractivity contribution in [2.24, 2.45) is 5.92 Å². The number of likely N-dealkylation sites (N-methyl/N-ethyl adjacent to an activating group) is 1. The Labute approximate surface area is 366 Å². The maximum absolute atomic E-state index is 16.4. The Balaban J connectivity index is 0.876. The van der Waals surface area contributed by atoms with Crippen LogP contribution in [0.5, 0.6) is 5.75 Å². The molecule has 4 atom stereocenters. The first-order valence-electron chi connectivity index (χ1n) is 22.5. The van der Waals surface area contributed by atoms with Gasteiger partial charge in [0, 0.05) is 64.4 Å². The van der Waals surface area contributed by atoms with E-state index in [0.717, 1.165) is 38.5 Å². The molecule has 0 bridgehead atoms. The average Bonchev–Trinajstić information content (AvgIpc) is 3.81. The van der Waals surface area contributed by atoms with Gasteiger partial charge < -0.3 is 35.2 Å². The molecule has 4 fully saturated rings. The summed E-state index contributed by atoms with van der Waals surface area (Å²) in [7, 11) is 3.25. The molecule has 63 heavy (non-hydrogen) atoms. The van der Waals surface area contributed by atoms with Gasteiger partial charge in [-0.2, -0.15) is 4.98 Å². The Bertz CT molecular complexity index is 2200. The van der Waals surface area contributed by atoms with Gasteiger partial charge in [-0.15, -0.1) is 0 Å². The van der Waals surface area contributed by atoms with E-state index in [4.69, 9.17) is 9.72 Å². The predicted molar refractivity (Wildman–Crippen MR) is 235 cm³/mol. The van der Waals surface area contributed by atoms with Crippen molar-refractivity contribution in [3.05, 3.63) is 59.5 Å². The summed E-state index contributed by atoms with van der Waals surface area (Å²) in [5.74, 6) is -0.447. The van der Waals surface area contributed by atoms with Crippen LogP contribution in [0.25, 0.3) is 0 Å². The summed E-state index contributed by atoms with van der Waals surface area (Å²) in [6.07, 6.45) is 7.64. The van der Waals surface area contributed by atoms with Crippen LogP contribution in [0.4, 0.5) is 37.6 Å². The van der Waals surface area contributed by atoms with E-state index in [1.807, 2.05) is 11.8 Å². The minimum Gasteiger partial charge on any atom is -0.495 e. The third kappa shape index (κ3) is 9.04. The molecule has 1 saturated carbocycles. The number of halogens is 2. The molecule has 0 radical (unpaired) electrons. The summed E-state index contributed by atoms with van der Waals surface area (Å²) in [6, 6.07) is 9.70. The number of nitrogens with zero attached hydrogens (tertiary/aromatic N) is 6. The zero-order chi connectivity index (χ0) is 44.4. The summed E-state index contributed by atoms with van der Waals surface area (Å²) in [5.41, 5.74) is 1.22. The monoisotopic (exact) mass is 871 g/mol. The molecule has 4 aliphatic heterocycles. The highest BCUT2D eigenvalue weighted by Crippen LogP contribution is 2.41. The van der Waals surface area contributed by atoms with Crippen molar-refractivity contribution in [2.75, 3.05) is 73.5 Å². The number of nitrogens with one attached hydrogen (secondary N) is 3. The van der Waals surface area contributed by atoms with E-state index in [1.54, 1.807) is 48.5 Å². The fourth-order valence-electron chi connectivity index (χ4n) is 10.4. The van der Waals surface area contributed by atoms with Gasteiger partial charge in [0.05, 0.1) is 36.1 Å².